The van der Waals surface area contributed by atoms with E-state index in [1.54, 1.807) is 18.4 Å². The fourth-order valence-electron chi connectivity index (χ4n) is 3.24. The Morgan fingerprint density at radius 3 is 2.57 bits per heavy atom. The predicted octanol–water partition coefficient (Wildman–Crippen LogP) is 3.08. The Hall–Kier alpha value is -2.81. The van der Waals surface area contributed by atoms with E-state index >= 15 is 0 Å². The van der Waals surface area contributed by atoms with Crippen molar-refractivity contribution < 1.29 is 27.9 Å². The number of carbonyl (C=O) groups excluding carboxylic acids is 3. The molecule has 0 spiro atoms. The number of ether oxygens (including phenoxy) is 1. The average Bonchev–Trinajstić information content (AvgIpc) is 3.24. The molecule has 0 saturated carbocycles. The zero-order valence-electron chi connectivity index (χ0n) is 16.5. The minimum absolute atomic E-state index is 0.197. The first-order valence-corrected chi connectivity index (χ1v) is 10.4. The van der Waals surface area contributed by atoms with Crippen LogP contribution in [0.1, 0.15) is 28.1 Å². The molecule has 1 aliphatic heterocycles. The van der Waals surface area contributed by atoms with Crippen molar-refractivity contribution in [3.63, 3.8) is 0 Å². The number of rotatable bonds is 6. The molecule has 160 valence electrons. The highest BCUT2D eigenvalue weighted by atomic mass is 32.1. The van der Waals surface area contributed by atoms with Crippen molar-refractivity contribution in [1.82, 2.24) is 9.80 Å². The Labute approximate surface area is 177 Å². The molecule has 1 aromatic carbocycles. The molecule has 3 rings (SSSR count). The molecule has 0 N–H and O–H groups in total. The third-order valence-electron chi connectivity index (χ3n) is 5.01. The number of nitrogens with zero attached hydrogens (tertiary/aromatic N) is 2. The van der Waals surface area contributed by atoms with Gasteiger partial charge in [-0.1, -0.05) is 6.07 Å². The van der Waals surface area contributed by atoms with Crippen molar-refractivity contribution in [2.24, 2.45) is 5.92 Å². The van der Waals surface area contributed by atoms with Gasteiger partial charge in [-0.3, -0.25) is 14.4 Å². The van der Waals surface area contributed by atoms with Gasteiger partial charge in [-0.25, -0.2) is 8.78 Å². The van der Waals surface area contributed by atoms with Crippen molar-refractivity contribution in [3.05, 3.63) is 57.8 Å². The summed E-state index contributed by atoms with van der Waals surface area (Å²) in [7, 11) is 1.65. The Morgan fingerprint density at radius 2 is 1.93 bits per heavy atom. The van der Waals surface area contributed by atoms with E-state index in [0.717, 1.165) is 17.0 Å². The summed E-state index contributed by atoms with van der Waals surface area (Å²) >= 11 is 1.54. The summed E-state index contributed by atoms with van der Waals surface area (Å²) in [6, 6.07) is 6.65. The van der Waals surface area contributed by atoms with Crippen LogP contribution in [0.3, 0.4) is 0 Å². The van der Waals surface area contributed by atoms with E-state index in [2.05, 4.69) is 0 Å². The first-order valence-electron chi connectivity index (χ1n) is 9.52. The van der Waals surface area contributed by atoms with Crippen LogP contribution in [0.25, 0.3) is 0 Å². The van der Waals surface area contributed by atoms with Gasteiger partial charge in [0, 0.05) is 31.1 Å². The van der Waals surface area contributed by atoms with Gasteiger partial charge >= 0.3 is 5.97 Å². The van der Waals surface area contributed by atoms with Crippen LogP contribution < -0.4 is 0 Å². The summed E-state index contributed by atoms with van der Waals surface area (Å²) in [6.07, 6.45) is 0.708. The molecule has 1 fully saturated rings. The summed E-state index contributed by atoms with van der Waals surface area (Å²) in [6.45, 7) is 0.623. The van der Waals surface area contributed by atoms with E-state index in [9.17, 15) is 23.2 Å². The summed E-state index contributed by atoms with van der Waals surface area (Å²) in [5, 5.41) is 1.93. The largest absolute Gasteiger partial charge is 0.455 e. The lowest BCUT2D eigenvalue weighted by atomic mass is 9.96. The molecule has 1 aliphatic rings. The number of carbonyl (C=O) groups is 3. The van der Waals surface area contributed by atoms with E-state index < -0.39 is 29.4 Å². The lowest BCUT2D eigenvalue weighted by molar-refractivity contribution is -0.156. The second kappa shape index (κ2) is 9.80. The molecule has 0 bridgehead atoms. The minimum Gasteiger partial charge on any atom is -0.455 e. The standard InChI is InChI=1S/C21H22F2N2O4S/c1-24(12-16-3-2-10-30-16)19(26)13-29-21(28)14-6-8-25(9-7-14)20(27)17-5-4-15(22)11-18(17)23/h2-5,10-11,14H,6-9,12-13H2,1H3. The number of benzene rings is 1. The number of esters is 1. The molecule has 0 atom stereocenters. The molecule has 9 heteroatoms. The van der Waals surface area contributed by atoms with E-state index in [0.29, 0.717) is 25.5 Å². The second-order valence-electron chi connectivity index (χ2n) is 7.13. The van der Waals surface area contributed by atoms with E-state index in [-0.39, 0.29) is 31.2 Å². The van der Waals surface area contributed by atoms with Gasteiger partial charge in [0.15, 0.2) is 6.61 Å². The first-order chi connectivity index (χ1) is 14.3. The van der Waals surface area contributed by atoms with Gasteiger partial charge in [-0.2, -0.15) is 0 Å². The molecule has 0 radical (unpaired) electrons. The SMILES string of the molecule is CN(Cc1cccs1)C(=O)COC(=O)C1CCN(C(=O)c2ccc(F)cc2F)CC1. The maximum atomic E-state index is 13.8. The lowest BCUT2D eigenvalue weighted by Crippen LogP contribution is -2.41. The first kappa shape index (κ1) is 21.9. The molecular weight excluding hydrogens is 414 g/mol. The van der Waals surface area contributed by atoms with Crippen LogP contribution in [0.2, 0.25) is 0 Å². The van der Waals surface area contributed by atoms with Crippen LogP contribution in [0.5, 0.6) is 0 Å². The maximum Gasteiger partial charge on any atom is 0.309 e. The van der Waals surface area contributed by atoms with Crippen molar-refractivity contribution >= 4 is 29.1 Å². The highest BCUT2D eigenvalue weighted by Crippen LogP contribution is 2.22. The Kier molecular flexibility index (Phi) is 7.15. The molecule has 6 nitrogen and oxygen atoms in total. The normalized spacial score (nSPS) is 14.4. The van der Waals surface area contributed by atoms with E-state index in [4.69, 9.17) is 4.74 Å². The van der Waals surface area contributed by atoms with E-state index in [1.807, 2.05) is 17.5 Å². The van der Waals surface area contributed by atoms with Crippen LogP contribution >= 0.6 is 11.3 Å². The number of amides is 2. The van der Waals surface area contributed by atoms with Gasteiger partial charge in [-0.15, -0.1) is 11.3 Å². The summed E-state index contributed by atoms with van der Waals surface area (Å²) in [5.41, 5.74) is -0.197. The van der Waals surface area contributed by atoms with Gasteiger partial charge in [0.25, 0.3) is 11.8 Å². The molecule has 0 aliphatic carbocycles. The average molecular weight is 436 g/mol. The molecule has 2 heterocycles. The zero-order valence-corrected chi connectivity index (χ0v) is 17.3. The molecule has 1 aromatic heterocycles. The van der Waals surface area contributed by atoms with Gasteiger partial charge in [0.2, 0.25) is 0 Å². The summed E-state index contributed by atoms with van der Waals surface area (Å²) in [5.74, 6) is -3.40. The smallest absolute Gasteiger partial charge is 0.309 e. The maximum absolute atomic E-state index is 13.8. The topological polar surface area (TPSA) is 66.9 Å². The molecule has 1 saturated heterocycles. The monoisotopic (exact) mass is 436 g/mol. The predicted molar refractivity (Wildman–Crippen MR) is 107 cm³/mol. The van der Waals surface area contributed by atoms with Crippen LogP contribution in [0.4, 0.5) is 8.78 Å². The van der Waals surface area contributed by atoms with Crippen LogP contribution in [0, 0.1) is 17.6 Å². The lowest BCUT2D eigenvalue weighted by Gasteiger charge is -2.31. The van der Waals surface area contributed by atoms with Gasteiger partial charge < -0.3 is 14.5 Å². The number of likely N-dealkylation sites (N-methyl/N-ethyl adjacent to an activating group) is 1. The summed E-state index contributed by atoms with van der Waals surface area (Å²) < 4.78 is 32.0. The highest BCUT2D eigenvalue weighted by molar-refractivity contribution is 7.09. The molecule has 2 amide bonds. The number of likely N-dealkylation sites (tertiary alicyclic amines) is 1. The van der Waals surface area contributed by atoms with Crippen LogP contribution in [0.15, 0.2) is 35.7 Å². The van der Waals surface area contributed by atoms with Gasteiger partial charge in [0.1, 0.15) is 11.6 Å². The molecule has 2 aromatic rings. The van der Waals surface area contributed by atoms with Crippen LogP contribution in [-0.4, -0.2) is 54.3 Å². The van der Waals surface area contributed by atoms with Gasteiger partial charge in [-0.05, 0) is 36.4 Å². The molecule has 0 unspecified atom stereocenters. The molecular formula is C21H22F2N2O4S. The highest BCUT2D eigenvalue weighted by Gasteiger charge is 2.30. The second-order valence-corrected chi connectivity index (χ2v) is 8.16. The van der Waals surface area contributed by atoms with Crippen molar-refractivity contribution in [1.29, 1.82) is 0 Å². The van der Waals surface area contributed by atoms with Crippen molar-refractivity contribution in [2.75, 3.05) is 26.7 Å². The quantitative estimate of drug-likeness (QED) is 0.653. The van der Waals surface area contributed by atoms with E-state index in [1.165, 1.54) is 9.80 Å². The number of hydrogen-bond donors (Lipinski definition) is 0. The Balaban J connectivity index is 1.44. The fourth-order valence-corrected chi connectivity index (χ4v) is 3.99. The Morgan fingerprint density at radius 1 is 1.20 bits per heavy atom. The number of thiophene rings is 1. The molecule has 30 heavy (non-hydrogen) atoms. The zero-order chi connectivity index (χ0) is 21.7. The van der Waals surface area contributed by atoms with Crippen molar-refractivity contribution in [3.8, 4) is 0 Å². The van der Waals surface area contributed by atoms with Crippen molar-refractivity contribution in [2.45, 2.75) is 19.4 Å². The summed E-state index contributed by atoms with van der Waals surface area (Å²) in [4.78, 5) is 40.8. The third-order valence-corrected chi connectivity index (χ3v) is 5.87. The third kappa shape index (κ3) is 5.41. The van der Waals surface area contributed by atoms with Gasteiger partial charge in [0.05, 0.1) is 18.0 Å². The minimum atomic E-state index is -0.910. The van der Waals surface area contributed by atoms with Crippen LogP contribution in [-0.2, 0) is 20.9 Å². The number of piperidine rings is 1. The number of hydrogen-bond acceptors (Lipinski definition) is 5. The fraction of sp³-hybridized carbons (Fsp3) is 0.381. The number of halogens is 2. The Bertz CT molecular complexity index is 912.